The minimum absolute atomic E-state index is 0.000142. The Balaban J connectivity index is 1.52. The highest BCUT2D eigenvalue weighted by Crippen LogP contribution is 2.32. The van der Waals surface area contributed by atoms with Gasteiger partial charge in [0.15, 0.2) is 0 Å². The van der Waals surface area contributed by atoms with Crippen LogP contribution in [0.1, 0.15) is 16.8 Å². The summed E-state index contributed by atoms with van der Waals surface area (Å²) >= 11 is 0. The predicted molar refractivity (Wildman–Crippen MR) is 82.8 cm³/mol. The van der Waals surface area contributed by atoms with Crippen LogP contribution in [0.25, 0.3) is 11.1 Å². The van der Waals surface area contributed by atoms with Crippen molar-refractivity contribution in [1.29, 1.82) is 0 Å². The van der Waals surface area contributed by atoms with Gasteiger partial charge in [-0.05, 0) is 35.4 Å². The molecule has 0 saturated carbocycles. The third-order valence-electron chi connectivity index (χ3n) is 4.61. The summed E-state index contributed by atoms with van der Waals surface area (Å²) in [5, 5.41) is 2.07. The molecule has 0 radical (unpaired) electrons. The number of fused-ring (bicyclic) bond motifs is 2. The number of carbonyl (C=O) groups excluding carboxylic acids is 1. The maximum Gasteiger partial charge on any atom is 0.266 e. The Morgan fingerprint density at radius 1 is 1.10 bits per heavy atom. The number of rotatable bonds is 2. The van der Waals surface area contributed by atoms with E-state index in [1.807, 2.05) is 42.5 Å². The molecule has 1 heterocycles. The molecule has 3 aliphatic carbocycles. The van der Waals surface area contributed by atoms with E-state index in [-0.39, 0.29) is 5.91 Å². The van der Waals surface area contributed by atoms with E-state index in [0.29, 0.717) is 11.8 Å². The van der Waals surface area contributed by atoms with Gasteiger partial charge in [0.1, 0.15) is 0 Å². The molecule has 0 aromatic rings. The van der Waals surface area contributed by atoms with Gasteiger partial charge in [0.2, 0.25) is 0 Å². The van der Waals surface area contributed by atoms with Gasteiger partial charge >= 0.3 is 0 Å². The topological polar surface area (TPSA) is 32.3 Å². The maximum atomic E-state index is 12.5. The normalized spacial score (nSPS) is 24.4. The van der Waals surface area contributed by atoms with Gasteiger partial charge in [0, 0.05) is 18.7 Å². The second-order valence-corrected chi connectivity index (χ2v) is 5.96. The van der Waals surface area contributed by atoms with Gasteiger partial charge in [0.05, 0.1) is 0 Å². The number of amides is 1. The first kappa shape index (κ1) is 12.6. The van der Waals surface area contributed by atoms with E-state index in [2.05, 4.69) is 22.6 Å². The van der Waals surface area contributed by atoms with Crippen molar-refractivity contribution in [2.75, 3.05) is 13.1 Å². The summed E-state index contributed by atoms with van der Waals surface area (Å²) in [4.78, 5) is 12.5. The second kappa shape index (κ2) is 5.01. The summed E-state index contributed by atoms with van der Waals surface area (Å²) in [7, 11) is 0. The number of nitrogens with one attached hydrogen (secondary N) is 1. The van der Waals surface area contributed by atoms with Crippen LogP contribution in [-0.2, 0) is 0 Å². The monoisotopic (exact) mass is 278 g/mol. The minimum atomic E-state index is 0.000142. The van der Waals surface area contributed by atoms with Gasteiger partial charge < -0.3 is 0 Å². The molecule has 3 nitrogen and oxygen atoms in total. The zero-order valence-corrected chi connectivity index (χ0v) is 11.8. The Bertz CT molecular complexity index is 679. The fourth-order valence-electron chi connectivity index (χ4n) is 3.50. The molecule has 0 bridgehead atoms. The van der Waals surface area contributed by atoms with Crippen molar-refractivity contribution >= 4 is 5.91 Å². The number of allylic oxidation sites excluding steroid dienone is 1. The molecule has 21 heavy (non-hydrogen) atoms. The first-order chi connectivity index (χ1) is 10.3. The van der Waals surface area contributed by atoms with Crippen molar-refractivity contribution in [3.05, 3.63) is 60.2 Å². The van der Waals surface area contributed by atoms with E-state index in [1.165, 1.54) is 0 Å². The van der Waals surface area contributed by atoms with Gasteiger partial charge in [-0.15, -0.1) is 0 Å². The molecule has 3 heteroatoms. The summed E-state index contributed by atoms with van der Waals surface area (Å²) < 4.78 is 0. The Morgan fingerprint density at radius 2 is 2.00 bits per heavy atom. The molecular formula is C18H18N2O. The Labute approximate surface area is 124 Å². The number of hydrogen-bond donors (Lipinski definition) is 1. The highest BCUT2D eigenvalue weighted by atomic mass is 16.2. The maximum absolute atomic E-state index is 12.5. The molecule has 1 amide bonds. The molecule has 0 aromatic carbocycles. The van der Waals surface area contributed by atoms with Crippen molar-refractivity contribution in [2.45, 2.75) is 6.42 Å². The lowest BCUT2D eigenvalue weighted by Crippen LogP contribution is -2.41. The first-order valence-electron chi connectivity index (χ1n) is 7.51. The van der Waals surface area contributed by atoms with E-state index >= 15 is 0 Å². The van der Waals surface area contributed by atoms with Crippen molar-refractivity contribution in [3.8, 4) is 11.1 Å². The third kappa shape index (κ3) is 2.24. The average Bonchev–Trinajstić information content (AvgIpc) is 3.10. The second-order valence-electron chi connectivity index (χ2n) is 5.96. The molecule has 1 N–H and O–H groups in total. The van der Waals surface area contributed by atoms with E-state index < -0.39 is 0 Å². The van der Waals surface area contributed by atoms with Gasteiger partial charge in [-0.3, -0.25) is 10.2 Å². The van der Waals surface area contributed by atoms with Gasteiger partial charge in [0.25, 0.3) is 5.91 Å². The minimum Gasteiger partial charge on any atom is -0.285 e. The van der Waals surface area contributed by atoms with E-state index in [0.717, 1.165) is 36.2 Å². The van der Waals surface area contributed by atoms with Crippen LogP contribution in [0, 0.1) is 11.8 Å². The molecule has 0 aromatic heterocycles. The molecule has 4 aliphatic rings. The van der Waals surface area contributed by atoms with Crippen LogP contribution in [0.5, 0.6) is 0 Å². The Kier molecular flexibility index (Phi) is 3.00. The standard InChI is InChI=1S/C18H18N2O/c21-18(19-20-11-14-6-4-7-15(14)12-20)17-10-9-13-5-2-1-3-8-16(13)17/h1-6,8-10,14-15H,7,11-12H2,(H,19,21). The average molecular weight is 278 g/mol. The summed E-state index contributed by atoms with van der Waals surface area (Å²) in [6.07, 6.45) is 5.69. The molecule has 2 unspecified atom stereocenters. The number of carbonyl (C=O) groups is 1. The summed E-state index contributed by atoms with van der Waals surface area (Å²) in [5.74, 6) is 1.29. The Hall–Kier alpha value is -2.13. The number of nitrogens with zero attached hydrogens (tertiary/aromatic N) is 1. The van der Waals surface area contributed by atoms with Crippen LogP contribution in [-0.4, -0.2) is 24.0 Å². The highest BCUT2D eigenvalue weighted by Gasteiger charge is 2.34. The lowest BCUT2D eigenvalue weighted by atomic mass is 10.0. The van der Waals surface area contributed by atoms with Crippen LogP contribution in [0.4, 0.5) is 0 Å². The SMILES string of the molecule is O=C(NN1CC2C=CCC2C1)c1ccc2cccccc1-2. The smallest absolute Gasteiger partial charge is 0.266 e. The summed E-state index contributed by atoms with van der Waals surface area (Å²) in [5.41, 5.74) is 5.94. The summed E-state index contributed by atoms with van der Waals surface area (Å²) in [6.45, 7) is 1.88. The van der Waals surface area contributed by atoms with Crippen molar-refractivity contribution < 1.29 is 4.79 Å². The fourth-order valence-corrected chi connectivity index (χ4v) is 3.50. The molecular weight excluding hydrogens is 260 g/mol. The number of hydrogen-bond acceptors (Lipinski definition) is 2. The van der Waals surface area contributed by atoms with Crippen LogP contribution in [0.2, 0.25) is 0 Å². The largest absolute Gasteiger partial charge is 0.285 e. The lowest BCUT2D eigenvalue weighted by Gasteiger charge is -2.17. The molecule has 106 valence electrons. The molecule has 1 fully saturated rings. The van der Waals surface area contributed by atoms with Gasteiger partial charge in [-0.25, -0.2) is 5.01 Å². The third-order valence-corrected chi connectivity index (χ3v) is 4.61. The van der Waals surface area contributed by atoms with Crippen molar-refractivity contribution in [2.24, 2.45) is 11.8 Å². The molecule has 0 spiro atoms. The lowest BCUT2D eigenvalue weighted by molar-refractivity contribution is 0.0819. The highest BCUT2D eigenvalue weighted by molar-refractivity contribution is 6.02. The molecule has 1 saturated heterocycles. The first-order valence-corrected chi connectivity index (χ1v) is 7.51. The van der Waals surface area contributed by atoms with Gasteiger partial charge in [-0.2, -0.15) is 0 Å². The molecule has 1 aliphatic heterocycles. The number of hydrazine groups is 1. The van der Waals surface area contributed by atoms with E-state index in [9.17, 15) is 4.79 Å². The summed E-state index contributed by atoms with van der Waals surface area (Å²) in [6, 6.07) is 13.9. The van der Waals surface area contributed by atoms with Crippen LogP contribution < -0.4 is 5.43 Å². The molecule has 2 atom stereocenters. The van der Waals surface area contributed by atoms with E-state index in [1.54, 1.807) is 0 Å². The fraction of sp³-hybridized carbons (Fsp3) is 0.278. The van der Waals surface area contributed by atoms with Crippen molar-refractivity contribution in [1.82, 2.24) is 10.4 Å². The molecule has 4 rings (SSSR count). The van der Waals surface area contributed by atoms with E-state index in [4.69, 9.17) is 0 Å². The van der Waals surface area contributed by atoms with Crippen molar-refractivity contribution in [3.63, 3.8) is 0 Å². The van der Waals surface area contributed by atoms with Gasteiger partial charge in [-0.1, -0.05) is 48.6 Å². The Morgan fingerprint density at radius 3 is 2.90 bits per heavy atom. The van der Waals surface area contributed by atoms with Crippen LogP contribution in [0.3, 0.4) is 0 Å². The zero-order chi connectivity index (χ0) is 14.2. The van der Waals surface area contributed by atoms with Crippen LogP contribution in [0.15, 0.2) is 54.6 Å². The quantitative estimate of drug-likeness (QED) is 0.857. The zero-order valence-electron chi connectivity index (χ0n) is 11.8. The predicted octanol–water partition coefficient (Wildman–Crippen LogP) is 2.94. The van der Waals surface area contributed by atoms with Crippen LogP contribution >= 0.6 is 0 Å².